The van der Waals surface area contributed by atoms with E-state index >= 15 is 0 Å². The van der Waals surface area contributed by atoms with Crippen LogP contribution < -0.4 is 0 Å². The van der Waals surface area contributed by atoms with Crippen LogP contribution in [0, 0.1) is 6.92 Å². The first-order chi connectivity index (χ1) is 9.36. The smallest absolute Gasteiger partial charge is 0.0555 e. The van der Waals surface area contributed by atoms with Gasteiger partial charge in [0.05, 0.1) is 5.69 Å². The molecule has 19 heavy (non-hydrogen) atoms. The Balaban J connectivity index is 0.000000163. The second kappa shape index (κ2) is 6.96. The second-order valence-corrected chi connectivity index (χ2v) is 3.82. The number of pyridine rings is 2. The Labute approximate surface area is 112 Å². The van der Waals surface area contributed by atoms with Crippen molar-refractivity contribution in [2.24, 2.45) is 0 Å². The van der Waals surface area contributed by atoms with E-state index in [4.69, 9.17) is 0 Å². The topological polar surface area (TPSA) is 51.6 Å². The van der Waals surface area contributed by atoms with Gasteiger partial charge in [-0.15, -0.1) is 0 Å². The van der Waals surface area contributed by atoms with Gasteiger partial charge in [0.1, 0.15) is 0 Å². The molecule has 0 aliphatic heterocycles. The maximum Gasteiger partial charge on any atom is 0.0555 e. The highest BCUT2D eigenvalue weighted by Crippen LogP contribution is 2.15. The quantitative estimate of drug-likeness (QED) is 0.666. The molecule has 3 aromatic heterocycles. The first-order valence-electron chi connectivity index (χ1n) is 5.89. The fourth-order valence-corrected chi connectivity index (χ4v) is 1.46. The molecular weight excluding hydrogens is 236 g/mol. The van der Waals surface area contributed by atoms with Crippen LogP contribution in [-0.2, 0) is 0 Å². The van der Waals surface area contributed by atoms with Crippen molar-refractivity contribution in [1.29, 1.82) is 0 Å². The van der Waals surface area contributed by atoms with Gasteiger partial charge >= 0.3 is 0 Å². The van der Waals surface area contributed by atoms with Crippen molar-refractivity contribution in [2.75, 3.05) is 0 Å². The number of aryl methyl sites for hydroxylation is 1. The molecule has 0 aliphatic carbocycles. The van der Waals surface area contributed by atoms with Gasteiger partial charge < -0.3 is 0 Å². The maximum atomic E-state index is 3.96. The standard InChI is InChI=1S/C10H8N2.C5H6N2/c1-5-11-6-2-9(1)10-3-7-12-8-4-10;1-5-4-6-2-3-7-5/h1-8H;2-4H,1H3. The second-order valence-electron chi connectivity index (χ2n) is 3.82. The monoisotopic (exact) mass is 250 g/mol. The van der Waals surface area contributed by atoms with Crippen LogP contribution in [0.1, 0.15) is 5.69 Å². The van der Waals surface area contributed by atoms with Crippen molar-refractivity contribution in [2.45, 2.75) is 6.92 Å². The fraction of sp³-hybridized carbons (Fsp3) is 0.0667. The third kappa shape index (κ3) is 4.27. The van der Waals surface area contributed by atoms with Gasteiger partial charge in [0.15, 0.2) is 0 Å². The van der Waals surface area contributed by atoms with Crippen LogP contribution in [0.4, 0.5) is 0 Å². The summed E-state index contributed by atoms with van der Waals surface area (Å²) in [5, 5.41) is 0. The Morgan fingerprint density at radius 2 is 1.16 bits per heavy atom. The normalized spacial score (nSPS) is 9.32. The van der Waals surface area contributed by atoms with Crippen LogP contribution in [0.3, 0.4) is 0 Å². The number of hydrogen-bond donors (Lipinski definition) is 0. The maximum absolute atomic E-state index is 3.96. The molecule has 4 heteroatoms. The van der Waals surface area contributed by atoms with E-state index in [1.165, 1.54) is 11.1 Å². The summed E-state index contributed by atoms with van der Waals surface area (Å²) in [6, 6.07) is 7.93. The lowest BCUT2D eigenvalue weighted by molar-refractivity contribution is 1.12. The summed E-state index contributed by atoms with van der Waals surface area (Å²) >= 11 is 0. The third-order valence-electron chi connectivity index (χ3n) is 2.39. The molecule has 0 radical (unpaired) electrons. The highest BCUT2D eigenvalue weighted by atomic mass is 14.7. The van der Waals surface area contributed by atoms with Crippen molar-refractivity contribution < 1.29 is 0 Å². The van der Waals surface area contributed by atoms with Crippen LogP contribution in [0.25, 0.3) is 11.1 Å². The Kier molecular flexibility index (Phi) is 4.70. The predicted octanol–water partition coefficient (Wildman–Crippen LogP) is 2.93. The first-order valence-corrected chi connectivity index (χ1v) is 5.89. The predicted molar refractivity (Wildman–Crippen MR) is 74.2 cm³/mol. The Bertz CT molecular complexity index is 545. The van der Waals surface area contributed by atoms with E-state index in [0.29, 0.717) is 0 Å². The molecule has 0 fully saturated rings. The van der Waals surface area contributed by atoms with Gasteiger partial charge in [-0.2, -0.15) is 0 Å². The Hall–Kier alpha value is -2.62. The average molecular weight is 250 g/mol. The average Bonchev–Trinajstić information content (AvgIpc) is 2.51. The molecule has 3 rings (SSSR count). The zero-order chi connectivity index (χ0) is 13.3. The molecule has 3 heterocycles. The molecule has 0 aromatic carbocycles. The molecule has 94 valence electrons. The summed E-state index contributed by atoms with van der Waals surface area (Å²) in [4.78, 5) is 15.6. The van der Waals surface area contributed by atoms with Crippen molar-refractivity contribution in [1.82, 2.24) is 19.9 Å². The molecule has 0 saturated carbocycles. The summed E-state index contributed by atoms with van der Waals surface area (Å²) < 4.78 is 0. The lowest BCUT2D eigenvalue weighted by Gasteiger charge is -1.97. The molecule has 0 spiro atoms. The Morgan fingerprint density at radius 3 is 1.47 bits per heavy atom. The fourth-order valence-electron chi connectivity index (χ4n) is 1.46. The first kappa shape index (κ1) is 12.8. The van der Waals surface area contributed by atoms with Gasteiger partial charge in [-0.25, -0.2) is 0 Å². The highest BCUT2D eigenvalue weighted by Gasteiger charge is 1.92. The number of nitrogens with zero attached hydrogens (tertiary/aromatic N) is 4. The van der Waals surface area contributed by atoms with Crippen molar-refractivity contribution >= 4 is 0 Å². The SMILES string of the molecule is Cc1cnccn1.c1cc(-c2ccncc2)ccn1. The van der Waals surface area contributed by atoms with E-state index < -0.39 is 0 Å². The number of aromatic nitrogens is 4. The van der Waals surface area contributed by atoms with Crippen LogP contribution in [0.5, 0.6) is 0 Å². The van der Waals surface area contributed by atoms with Crippen LogP contribution in [0.15, 0.2) is 67.6 Å². The molecule has 0 bridgehead atoms. The van der Waals surface area contributed by atoms with Crippen LogP contribution in [-0.4, -0.2) is 19.9 Å². The minimum Gasteiger partial charge on any atom is -0.265 e. The third-order valence-corrected chi connectivity index (χ3v) is 2.39. The molecule has 0 N–H and O–H groups in total. The van der Waals surface area contributed by atoms with E-state index in [9.17, 15) is 0 Å². The largest absolute Gasteiger partial charge is 0.265 e. The minimum atomic E-state index is 0.961. The van der Waals surface area contributed by atoms with Gasteiger partial charge in [-0.1, -0.05) is 0 Å². The van der Waals surface area contributed by atoms with Crippen LogP contribution >= 0.6 is 0 Å². The molecule has 0 amide bonds. The molecule has 0 saturated heterocycles. The Morgan fingerprint density at radius 1 is 0.632 bits per heavy atom. The van der Waals surface area contributed by atoms with Gasteiger partial charge in [0, 0.05) is 43.4 Å². The zero-order valence-corrected chi connectivity index (χ0v) is 10.6. The highest BCUT2D eigenvalue weighted by molar-refractivity contribution is 5.61. The van der Waals surface area contributed by atoms with Gasteiger partial charge in [-0.05, 0) is 42.3 Å². The van der Waals surface area contributed by atoms with E-state index in [2.05, 4.69) is 19.9 Å². The molecule has 0 atom stereocenters. The zero-order valence-electron chi connectivity index (χ0n) is 10.6. The number of rotatable bonds is 1. The van der Waals surface area contributed by atoms with Crippen LogP contribution in [0.2, 0.25) is 0 Å². The van der Waals surface area contributed by atoms with Gasteiger partial charge in [0.2, 0.25) is 0 Å². The molecular formula is C15H14N4. The summed E-state index contributed by atoms with van der Waals surface area (Å²) in [5.41, 5.74) is 3.31. The van der Waals surface area contributed by atoms with Crippen molar-refractivity contribution in [3.8, 4) is 11.1 Å². The summed E-state index contributed by atoms with van der Waals surface area (Å²) in [6.45, 7) is 1.91. The van der Waals surface area contributed by atoms with E-state index in [0.717, 1.165) is 5.69 Å². The molecule has 0 unspecified atom stereocenters. The summed E-state index contributed by atoms with van der Waals surface area (Å²) in [7, 11) is 0. The van der Waals surface area contributed by atoms with Crippen molar-refractivity contribution in [3.63, 3.8) is 0 Å². The summed E-state index contributed by atoms with van der Waals surface area (Å²) in [5.74, 6) is 0. The van der Waals surface area contributed by atoms with E-state index in [1.807, 2.05) is 31.2 Å². The number of hydrogen-bond acceptors (Lipinski definition) is 4. The molecule has 4 nitrogen and oxygen atoms in total. The lowest BCUT2D eigenvalue weighted by atomic mass is 10.1. The molecule has 0 aliphatic rings. The van der Waals surface area contributed by atoms with Crippen molar-refractivity contribution in [3.05, 3.63) is 73.3 Å². The minimum absolute atomic E-state index is 0.961. The van der Waals surface area contributed by atoms with E-state index in [1.54, 1.807) is 43.4 Å². The van der Waals surface area contributed by atoms with Gasteiger partial charge in [-0.3, -0.25) is 19.9 Å². The van der Waals surface area contributed by atoms with Gasteiger partial charge in [0.25, 0.3) is 0 Å². The van der Waals surface area contributed by atoms with E-state index in [-0.39, 0.29) is 0 Å². The summed E-state index contributed by atoms with van der Waals surface area (Å²) in [6.07, 6.45) is 12.2. The lowest BCUT2D eigenvalue weighted by Crippen LogP contribution is -1.77. The molecule has 3 aromatic rings.